The number of hydrazine groups is 1. The van der Waals surface area contributed by atoms with E-state index in [-0.39, 0.29) is 22.3 Å². The van der Waals surface area contributed by atoms with Crippen molar-refractivity contribution in [1.29, 1.82) is 0 Å². The molecule has 2 heterocycles. The molecule has 2 unspecified atom stereocenters. The first-order valence-electron chi connectivity index (χ1n) is 6.18. The summed E-state index contributed by atoms with van der Waals surface area (Å²) in [5.74, 6) is 0. The zero-order valence-electron chi connectivity index (χ0n) is 10.9. The van der Waals surface area contributed by atoms with Crippen LogP contribution in [-0.4, -0.2) is 35.5 Å². The van der Waals surface area contributed by atoms with Gasteiger partial charge < -0.3 is 0 Å². The number of aromatic nitrogens is 2. The van der Waals surface area contributed by atoms with Gasteiger partial charge in [0, 0.05) is 12.1 Å². The average molecular weight is 305 g/mol. The molecule has 2 atom stereocenters. The van der Waals surface area contributed by atoms with Gasteiger partial charge in [-0.05, 0) is 38.3 Å². The van der Waals surface area contributed by atoms with Gasteiger partial charge in [-0.25, -0.2) is 23.4 Å². The lowest BCUT2D eigenvalue weighted by atomic mass is 10.0. The van der Waals surface area contributed by atoms with Crippen molar-refractivity contribution in [3.05, 3.63) is 17.7 Å². The molecular formula is C11H17ClN4O2S. The van der Waals surface area contributed by atoms with Gasteiger partial charge in [0.2, 0.25) is 5.28 Å². The Morgan fingerprint density at radius 1 is 1.26 bits per heavy atom. The minimum Gasteiger partial charge on any atom is -0.225 e. The molecule has 2 rings (SSSR count). The molecule has 1 aromatic rings. The van der Waals surface area contributed by atoms with E-state index in [0.29, 0.717) is 0 Å². The number of nitrogens with zero attached hydrogens (tertiary/aromatic N) is 3. The standard InChI is InChI=1S/C11H17ClN4O2S/c1-8-4-3-5-9(2)16(8)15-19(17,18)10-6-13-11(12)14-7-10/h6-9,15H,3-5H2,1-2H3. The number of halogens is 1. The fourth-order valence-electron chi connectivity index (χ4n) is 2.23. The largest absolute Gasteiger partial charge is 0.256 e. The number of piperidine rings is 1. The average Bonchev–Trinajstić information content (AvgIpc) is 2.35. The van der Waals surface area contributed by atoms with E-state index in [9.17, 15) is 8.42 Å². The third-order valence-electron chi connectivity index (χ3n) is 3.33. The highest BCUT2D eigenvalue weighted by molar-refractivity contribution is 7.89. The van der Waals surface area contributed by atoms with Crippen LogP contribution in [0.1, 0.15) is 33.1 Å². The first kappa shape index (κ1) is 14.6. The quantitative estimate of drug-likeness (QED) is 0.858. The maximum absolute atomic E-state index is 12.2. The Morgan fingerprint density at radius 2 is 1.79 bits per heavy atom. The van der Waals surface area contributed by atoms with E-state index in [0.717, 1.165) is 19.3 Å². The first-order valence-corrected chi connectivity index (χ1v) is 8.04. The second-order valence-electron chi connectivity index (χ2n) is 4.82. The third kappa shape index (κ3) is 3.42. The molecule has 1 N–H and O–H groups in total. The van der Waals surface area contributed by atoms with Gasteiger partial charge >= 0.3 is 0 Å². The lowest BCUT2D eigenvalue weighted by Gasteiger charge is -2.38. The first-order chi connectivity index (χ1) is 8.90. The molecule has 1 saturated heterocycles. The molecule has 0 aromatic carbocycles. The molecule has 1 aliphatic rings. The normalized spacial score (nSPS) is 25.4. The molecule has 0 spiro atoms. The minimum atomic E-state index is -3.65. The predicted molar refractivity (Wildman–Crippen MR) is 72.0 cm³/mol. The maximum atomic E-state index is 12.2. The summed E-state index contributed by atoms with van der Waals surface area (Å²) in [6.07, 6.45) is 5.48. The molecule has 6 nitrogen and oxygen atoms in total. The summed E-state index contributed by atoms with van der Waals surface area (Å²) in [7, 11) is -3.65. The predicted octanol–water partition coefficient (Wildman–Crippen LogP) is 1.59. The Balaban J connectivity index is 2.18. The lowest BCUT2D eigenvalue weighted by molar-refractivity contribution is 0.0790. The molecule has 0 radical (unpaired) electrons. The molecule has 1 fully saturated rings. The van der Waals surface area contributed by atoms with Crippen molar-refractivity contribution in [3.8, 4) is 0 Å². The minimum absolute atomic E-state index is 0.0156. The summed E-state index contributed by atoms with van der Waals surface area (Å²) in [5.41, 5.74) is 0. The summed E-state index contributed by atoms with van der Waals surface area (Å²) in [5, 5.41) is 1.81. The number of hydrogen-bond acceptors (Lipinski definition) is 5. The maximum Gasteiger partial charge on any atom is 0.256 e. The Kier molecular flexibility index (Phi) is 4.39. The Hall–Kier alpha value is -0.760. The van der Waals surface area contributed by atoms with Crippen molar-refractivity contribution in [3.63, 3.8) is 0 Å². The summed E-state index contributed by atoms with van der Waals surface area (Å²) in [6.45, 7) is 4.02. The SMILES string of the molecule is CC1CCCC(C)N1NS(=O)(=O)c1cnc(Cl)nc1. The Labute approximate surface area is 118 Å². The summed E-state index contributed by atoms with van der Waals surface area (Å²) < 4.78 is 24.5. The molecule has 1 aliphatic heterocycles. The van der Waals surface area contributed by atoms with Crippen molar-refractivity contribution in [2.45, 2.75) is 50.1 Å². The Bertz CT molecular complexity index is 524. The third-order valence-corrected chi connectivity index (χ3v) is 4.80. The smallest absolute Gasteiger partial charge is 0.225 e. The van der Waals surface area contributed by atoms with Crippen LogP contribution >= 0.6 is 11.6 Å². The molecular weight excluding hydrogens is 288 g/mol. The highest BCUT2D eigenvalue weighted by Gasteiger charge is 2.29. The van der Waals surface area contributed by atoms with E-state index in [4.69, 9.17) is 11.6 Å². The fourth-order valence-corrected chi connectivity index (χ4v) is 3.46. The molecule has 0 aliphatic carbocycles. The van der Waals surface area contributed by atoms with Crippen LogP contribution in [0.25, 0.3) is 0 Å². The second kappa shape index (κ2) is 5.70. The molecule has 106 valence electrons. The van der Waals surface area contributed by atoms with Crippen LogP contribution in [0, 0.1) is 0 Å². The van der Waals surface area contributed by atoms with Crippen LogP contribution in [0.4, 0.5) is 0 Å². The number of rotatable bonds is 3. The van der Waals surface area contributed by atoms with Crippen LogP contribution in [0.3, 0.4) is 0 Å². The molecule has 19 heavy (non-hydrogen) atoms. The van der Waals surface area contributed by atoms with Crippen molar-refractivity contribution in [1.82, 2.24) is 19.8 Å². The van der Waals surface area contributed by atoms with E-state index in [2.05, 4.69) is 14.8 Å². The van der Waals surface area contributed by atoms with Gasteiger partial charge in [-0.1, -0.05) is 6.42 Å². The summed E-state index contributed by atoms with van der Waals surface area (Å²) >= 11 is 5.55. The number of nitrogens with one attached hydrogen (secondary N) is 1. The van der Waals surface area contributed by atoms with Crippen molar-refractivity contribution >= 4 is 21.6 Å². The number of sulfonamides is 1. The van der Waals surface area contributed by atoms with E-state index in [1.807, 2.05) is 13.8 Å². The van der Waals surface area contributed by atoms with E-state index >= 15 is 0 Å². The molecule has 8 heteroatoms. The van der Waals surface area contributed by atoms with Gasteiger partial charge in [0.25, 0.3) is 10.0 Å². The van der Waals surface area contributed by atoms with Gasteiger partial charge in [-0.2, -0.15) is 0 Å². The van der Waals surface area contributed by atoms with Crippen LogP contribution in [0.2, 0.25) is 5.28 Å². The van der Waals surface area contributed by atoms with Crippen LogP contribution in [0.15, 0.2) is 17.3 Å². The molecule has 1 aromatic heterocycles. The molecule has 0 bridgehead atoms. The van der Waals surface area contributed by atoms with Crippen LogP contribution in [-0.2, 0) is 10.0 Å². The van der Waals surface area contributed by atoms with E-state index < -0.39 is 10.0 Å². The van der Waals surface area contributed by atoms with Gasteiger partial charge in [0.05, 0.1) is 12.4 Å². The van der Waals surface area contributed by atoms with Gasteiger partial charge in [-0.15, -0.1) is 4.83 Å². The summed E-state index contributed by atoms with van der Waals surface area (Å²) in [4.78, 5) is 10.0. The highest BCUT2D eigenvalue weighted by Crippen LogP contribution is 2.21. The zero-order valence-corrected chi connectivity index (χ0v) is 12.4. The monoisotopic (exact) mass is 304 g/mol. The Morgan fingerprint density at radius 3 is 2.32 bits per heavy atom. The lowest BCUT2D eigenvalue weighted by Crippen LogP contribution is -2.53. The van der Waals surface area contributed by atoms with Crippen molar-refractivity contribution in [2.24, 2.45) is 0 Å². The highest BCUT2D eigenvalue weighted by atomic mass is 35.5. The van der Waals surface area contributed by atoms with E-state index in [1.165, 1.54) is 12.4 Å². The van der Waals surface area contributed by atoms with E-state index in [1.54, 1.807) is 5.01 Å². The van der Waals surface area contributed by atoms with Gasteiger partial charge in [0.1, 0.15) is 4.90 Å². The zero-order chi connectivity index (χ0) is 14.0. The molecule has 0 saturated carbocycles. The van der Waals surface area contributed by atoms with Crippen molar-refractivity contribution in [2.75, 3.05) is 0 Å². The topological polar surface area (TPSA) is 75.2 Å². The van der Waals surface area contributed by atoms with Gasteiger partial charge in [0.15, 0.2) is 0 Å². The van der Waals surface area contributed by atoms with Crippen molar-refractivity contribution < 1.29 is 8.42 Å². The van der Waals surface area contributed by atoms with Crippen LogP contribution < -0.4 is 4.83 Å². The summed E-state index contributed by atoms with van der Waals surface area (Å²) in [6, 6.07) is 0.346. The fraction of sp³-hybridized carbons (Fsp3) is 0.636. The number of hydrogen-bond donors (Lipinski definition) is 1. The van der Waals surface area contributed by atoms with Crippen LogP contribution in [0.5, 0.6) is 0 Å². The molecule has 0 amide bonds. The van der Waals surface area contributed by atoms with Gasteiger partial charge in [-0.3, -0.25) is 0 Å². The second-order valence-corrected chi connectivity index (χ2v) is 6.82.